The van der Waals surface area contributed by atoms with Gasteiger partial charge in [-0.1, -0.05) is 36.4 Å². The number of nitro groups is 1. The van der Waals surface area contributed by atoms with Crippen LogP contribution in [-0.4, -0.2) is 24.5 Å². The van der Waals surface area contributed by atoms with Crippen molar-refractivity contribution < 1.29 is 14.5 Å². The van der Waals surface area contributed by atoms with Crippen molar-refractivity contribution in [3.05, 3.63) is 70.8 Å². The molecule has 0 aliphatic carbocycles. The predicted molar refractivity (Wildman–Crippen MR) is 101 cm³/mol. The van der Waals surface area contributed by atoms with Crippen LogP contribution in [0.2, 0.25) is 0 Å². The summed E-state index contributed by atoms with van der Waals surface area (Å²) in [7, 11) is 1.44. The van der Waals surface area contributed by atoms with Gasteiger partial charge in [0.15, 0.2) is 0 Å². The molecule has 0 bridgehead atoms. The quantitative estimate of drug-likeness (QED) is 0.520. The SMILES string of the molecule is COc1ccc([N+](=O)[O-])cc1NC(=O)CNc1cccc2ccccc12. The second kappa shape index (κ2) is 7.52. The van der Waals surface area contributed by atoms with Crippen LogP contribution in [0.25, 0.3) is 10.8 Å². The van der Waals surface area contributed by atoms with E-state index in [0.29, 0.717) is 5.75 Å². The molecule has 1 amide bonds. The highest BCUT2D eigenvalue weighted by Crippen LogP contribution is 2.29. The van der Waals surface area contributed by atoms with Crippen LogP contribution in [0.15, 0.2) is 60.7 Å². The summed E-state index contributed by atoms with van der Waals surface area (Å²) in [4.78, 5) is 22.7. The Labute approximate surface area is 149 Å². The Morgan fingerprint density at radius 1 is 1.08 bits per heavy atom. The van der Waals surface area contributed by atoms with Crippen molar-refractivity contribution in [1.82, 2.24) is 0 Å². The maximum atomic E-state index is 12.3. The number of carbonyl (C=O) groups excluding carboxylic acids is 1. The van der Waals surface area contributed by atoms with Crippen molar-refractivity contribution in [2.24, 2.45) is 0 Å². The Morgan fingerprint density at radius 3 is 2.62 bits per heavy atom. The van der Waals surface area contributed by atoms with Crippen LogP contribution in [0, 0.1) is 10.1 Å². The fourth-order valence-electron chi connectivity index (χ4n) is 2.66. The number of fused-ring (bicyclic) bond motifs is 1. The summed E-state index contributed by atoms with van der Waals surface area (Å²) in [5.41, 5.74) is 0.971. The van der Waals surface area contributed by atoms with Crippen molar-refractivity contribution >= 4 is 33.7 Å². The monoisotopic (exact) mass is 351 g/mol. The minimum atomic E-state index is -0.524. The van der Waals surface area contributed by atoms with Gasteiger partial charge in [-0.3, -0.25) is 14.9 Å². The number of methoxy groups -OCH3 is 1. The lowest BCUT2D eigenvalue weighted by atomic mass is 10.1. The molecule has 0 aliphatic heterocycles. The molecule has 0 fully saturated rings. The molecule has 0 saturated carbocycles. The van der Waals surface area contributed by atoms with Crippen LogP contribution < -0.4 is 15.4 Å². The van der Waals surface area contributed by atoms with Gasteiger partial charge in [0, 0.05) is 23.2 Å². The zero-order valence-corrected chi connectivity index (χ0v) is 14.1. The molecular weight excluding hydrogens is 334 g/mol. The lowest BCUT2D eigenvalue weighted by Crippen LogP contribution is -2.22. The van der Waals surface area contributed by atoms with E-state index in [1.807, 2.05) is 42.5 Å². The number of ether oxygens (including phenoxy) is 1. The molecule has 132 valence electrons. The standard InChI is InChI=1S/C19H17N3O4/c1-26-18-10-9-14(22(24)25)11-17(18)21-19(23)12-20-16-8-4-6-13-5-2-3-7-15(13)16/h2-11,20H,12H2,1H3,(H,21,23). The minimum absolute atomic E-state index is 0.0137. The average molecular weight is 351 g/mol. The molecule has 7 nitrogen and oxygen atoms in total. The van der Waals surface area contributed by atoms with E-state index < -0.39 is 4.92 Å². The van der Waals surface area contributed by atoms with Gasteiger partial charge >= 0.3 is 0 Å². The third-order valence-corrected chi connectivity index (χ3v) is 3.90. The summed E-state index contributed by atoms with van der Waals surface area (Å²) in [5.74, 6) is 0.0193. The minimum Gasteiger partial charge on any atom is -0.495 e. The van der Waals surface area contributed by atoms with E-state index in [4.69, 9.17) is 4.74 Å². The number of nitrogens with one attached hydrogen (secondary N) is 2. The molecule has 0 aromatic heterocycles. The first kappa shape index (κ1) is 17.2. The number of amides is 1. The number of hydrogen-bond donors (Lipinski definition) is 2. The Kier molecular flexibility index (Phi) is 4.98. The van der Waals surface area contributed by atoms with Gasteiger partial charge in [0.25, 0.3) is 5.69 Å². The molecule has 3 aromatic rings. The second-order valence-electron chi connectivity index (χ2n) is 5.57. The number of carbonyl (C=O) groups is 1. The second-order valence-corrected chi connectivity index (χ2v) is 5.57. The van der Waals surface area contributed by atoms with Crippen molar-refractivity contribution in [2.45, 2.75) is 0 Å². The molecule has 26 heavy (non-hydrogen) atoms. The average Bonchev–Trinajstić information content (AvgIpc) is 2.66. The maximum Gasteiger partial charge on any atom is 0.271 e. The number of nitro benzene ring substituents is 1. The van der Waals surface area contributed by atoms with E-state index in [1.54, 1.807) is 0 Å². The summed E-state index contributed by atoms with van der Waals surface area (Å²) in [6.07, 6.45) is 0. The van der Waals surface area contributed by atoms with Crippen LogP contribution in [0.4, 0.5) is 17.1 Å². The highest BCUT2D eigenvalue weighted by Gasteiger charge is 2.13. The Bertz CT molecular complexity index is 967. The van der Waals surface area contributed by atoms with Crippen LogP contribution in [-0.2, 0) is 4.79 Å². The van der Waals surface area contributed by atoms with Crippen LogP contribution in [0.5, 0.6) is 5.75 Å². The summed E-state index contributed by atoms with van der Waals surface area (Å²) in [6, 6.07) is 17.7. The number of nitrogens with zero attached hydrogens (tertiary/aromatic N) is 1. The van der Waals surface area contributed by atoms with Gasteiger partial charge < -0.3 is 15.4 Å². The van der Waals surface area contributed by atoms with E-state index in [-0.39, 0.29) is 23.8 Å². The molecule has 0 aliphatic rings. The van der Waals surface area contributed by atoms with Gasteiger partial charge in [0.1, 0.15) is 5.75 Å². The predicted octanol–water partition coefficient (Wildman–Crippen LogP) is 3.81. The zero-order valence-electron chi connectivity index (χ0n) is 14.1. The molecule has 0 spiro atoms. The van der Waals surface area contributed by atoms with Gasteiger partial charge in [-0.05, 0) is 17.5 Å². The highest BCUT2D eigenvalue weighted by atomic mass is 16.6. The van der Waals surface area contributed by atoms with Gasteiger partial charge in [-0.25, -0.2) is 0 Å². The molecule has 0 unspecified atom stereocenters. The van der Waals surface area contributed by atoms with Crippen LogP contribution in [0.3, 0.4) is 0 Å². The topological polar surface area (TPSA) is 93.5 Å². The first-order valence-electron chi connectivity index (χ1n) is 7.92. The normalized spacial score (nSPS) is 10.3. The third kappa shape index (κ3) is 3.72. The summed E-state index contributed by atoms with van der Waals surface area (Å²) >= 11 is 0. The van der Waals surface area contributed by atoms with E-state index in [2.05, 4.69) is 10.6 Å². The maximum absolute atomic E-state index is 12.3. The highest BCUT2D eigenvalue weighted by molar-refractivity contribution is 5.98. The number of non-ortho nitro benzene ring substituents is 1. The fourth-order valence-corrected chi connectivity index (χ4v) is 2.66. The third-order valence-electron chi connectivity index (χ3n) is 3.90. The molecule has 0 saturated heterocycles. The van der Waals surface area contributed by atoms with Gasteiger partial charge in [-0.15, -0.1) is 0 Å². The zero-order chi connectivity index (χ0) is 18.5. The van der Waals surface area contributed by atoms with Crippen LogP contribution >= 0.6 is 0 Å². The van der Waals surface area contributed by atoms with E-state index in [0.717, 1.165) is 16.5 Å². The number of rotatable bonds is 6. The first-order chi connectivity index (χ1) is 12.6. The molecule has 7 heteroatoms. The Hall–Kier alpha value is -3.61. The number of hydrogen-bond acceptors (Lipinski definition) is 5. The fraction of sp³-hybridized carbons (Fsp3) is 0.105. The lowest BCUT2D eigenvalue weighted by Gasteiger charge is -2.12. The van der Waals surface area contributed by atoms with Crippen molar-refractivity contribution in [2.75, 3.05) is 24.3 Å². The molecular formula is C19H17N3O4. The van der Waals surface area contributed by atoms with E-state index in [9.17, 15) is 14.9 Å². The number of benzene rings is 3. The van der Waals surface area contributed by atoms with Gasteiger partial charge in [0.05, 0.1) is 24.3 Å². The van der Waals surface area contributed by atoms with Crippen molar-refractivity contribution in [3.8, 4) is 5.75 Å². The number of anilines is 2. The van der Waals surface area contributed by atoms with Crippen molar-refractivity contribution in [3.63, 3.8) is 0 Å². The van der Waals surface area contributed by atoms with Gasteiger partial charge in [-0.2, -0.15) is 0 Å². The smallest absolute Gasteiger partial charge is 0.271 e. The summed E-state index contributed by atoms with van der Waals surface area (Å²) in [5, 5.41) is 18.7. The molecule has 0 radical (unpaired) electrons. The molecule has 3 rings (SSSR count). The van der Waals surface area contributed by atoms with Gasteiger partial charge in [0.2, 0.25) is 5.91 Å². The molecule has 0 heterocycles. The molecule has 2 N–H and O–H groups in total. The summed E-state index contributed by atoms with van der Waals surface area (Å²) in [6.45, 7) is 0.0137. The van der Waals surface area contributed by atoms with E-state index >= 15 is 0 Å². The Balaban J connectivity index is 1.73. The van der Waals surface area contributed by atoms with Crippen LogP contribution in [0.1, 0.15) is 0 Å². The first-order valence-corrected chi connectivity index (χ1v) is 7.92. The molecule has 3 aromatic carbocycles. The molecule has 0 atom stereocenters. The van der Waals surface area contributed by atoms with E-state index in [1.165, 1.54) is 25.3 Å². The lowest BCUT2D eigenvalue weighted by molar-refractivity contribution is -0.384. The largest absolute Gasteiger partial charge is 0.495 e. The summed E-state index contributed by atoms with van der Waals surface area (Å²) < 4.78 is 5.14. The van der Waals surface area contributed by atoms with Crippen molar-refractivity contribution in [1.29, 1.82) is 0 Å². The Morgan fingerprint density at radius 2 is 1.85 bits per heavy atom.